The summed E-state index contributed by atoms with van der Waals surface area (Å²) in [7, 11) is 0. The van der Waals surface area contributed by atoms with E-state index in [1.165, 1.54) is 0 Å². The van der Waals surface area contributed by atoms with E-state index < -0.39 is 0 Å². The van der Waals surface area contributed by atoms with Gasteiger partial charge in [0.05, 0.1) is 10.6 Å². The molecule has 1 rings (SSSR count). The molecule has 0 saturated heterocycles. The zero-order valence-corrected chi connectivity index (χ0v) is 14.3. The van der Waals surface area contributed by atoms with E-state index >= 15 is 0 Å². The molecule has 0 aliphatic carbocycles. The average Bonchev–Trinajstić information content (AvgIpc) is 2.37. The standard InChI is InChI=1S/C17H27ClN2O/c1-12(2)8-10-20(11-9-13(3)4)17(21)16-14(18)6-5-7-15(16)19/h5-7,12-13H,8-11,19H2,1-4H3. The average molecular weight is 311 g/mol. The van der Waals surface area contributed by atoms with Gasteiger partial charge >= 0.3 is 0 Å². The molecule has 0 aliphatic heterocycles. The molecule has 3 nitrogen and oxygen atoms in total. The molecule has 0 aliphatic rings. The summed E-state index contributed by atoms with van der Waals surface area (Å²) >= 11 is 6.17. The summed E-state index contributed by atoms with van der Waals surface area (Å²) in [6, 6.07) is 5.21. The van der Waals surface area contributed by atoms with Gasteiger partial charge in [-0.2, -0.15) is 0 Å². The third-order valence-electron chi connectivity index (χ3n) is 3.50. The Hall–Kier alpha value is -1.22. The van der Waals surface area contributed by atoms with Gasteiger partial charge in [0.25, 0.3) is 5.91 Å². The quantitative estimate of drug-likeness (QED) is 0.756. The molecular formula is C17H27ClN2O. The number of nitrogen functional groups attached to an aromatic ring is 1. The van der Waals surface area contributed by atoms with Crippen LogP contribution in [0.25, 0.3) is 0 Å². The van der Waals surface area contributed by atoms with Gasteiger partial charge in [-0.05, 0) is 36.8 Å². The number of nitrogens with two attached hydrogens (primary N) is 1. The van der Waals surface area contributed by atoms with Gasteiger partial charge in [-0.25, -0.2) is 0 Å². The maximum Gasteiger partial charge on any atom is 0.257 e. The number of benzene rings is 1. The largest absolute Gasteiger partial charge is 0.398 e. The maximum absolute atomic E-state index is 12.8. The maximum atomic E-state index is 12.8. The Balaban J connectivity index is 2.92. The van der Waals surface area contributed by atoms with Gasteiger partial charge in [0, 0.05) is 18.8 Å². The van der Waals surface area contributed by atoms with Gasteiger partial charge in [0.1, 0.15) is 0 Å². The van der Waals surface area contributed by atoms with Crippen molar-refractivity contribution in [1.82, 2.24) is 4.90 Å². The lowest BCUT2D eigenvalue weighted by Crippen LogP contribution is -2.34. The zero-order chi connectivity index (χ0) is 16.0. The van der Waals surface area contributed by atoms with Crippen molar-refractivity contribution >= 4 is 23.2 Å². The van der Waals surface area contributed by atoms with Crippen molar-refractivity contribution in [3.8, 4) is 0 Å². The van der Waals surface area contributed by atoms with Crippen molar-refractivity contribution in [2.24, 2.45) is 11.8 Å². The molecule has 0 fully saturated rings. The fourth-order valence-electron chi connectivity index (χ4n) is 2.07. The van der Waals surface area contributed by atoms with E-state index in [1.54, 1.807) is 18.2 Å². The van der Waals surface area contributed by atoms with Gasteiger partial charge in [0.2, 0.25) is 0 Å². The summed E-state index contributed by atoms with van der Waals surface area (Å²) in [4.78, 5) is 14.7. The highest BCUT2D eigenvalue weighted by atomic mass is 35.5. The first-order valence-corrected chi connectivity index (χ1v) is 8.04. The third-order valence-corrected chi connectivity index (χ3v) is 3.81. The first-order chi connectivity index (χ1) is 9.82. The van der Waals surface area contributed by atoms with Gasteiger partial charge in [-0.3, -0.25) is 4.79 Å². The molecule has 4 heteroatoms. The number of hydrogen-bond donors (Lipinski definition) is 1. The second-order valence-electron chi connectivity index (χ2n) is 6.36. The van der Waals surface area contributed by atoms with Crippen LogP contribution in [0.1, 0.15) is 50.9 Å². The van der Waals surface area contributed by atoms with Crippen LogP contribution in [-0.4, -0.2) is 23.9 Å². The van der Waals surface area contributed by atoms with Gasteiger partial charge in [-0.1, -0.05) is 45.4 Å². The summed E-state index contributed by atoms with van der Waals surface area (Å²) in [5.74, 6) is 1.06. The smallest absolute Gasteiger partial charge is 0.257 e. The zero-order valence-electron chi connectivity index (χ0n) is 13.5. The van der Waals surface area contributed by atoms with Crippen LogP contribution in [0.15, 0.2) is 18.2 Å². The lowest BCUT2D eigenvalue weighted by Gasteiger charge is -2.25. The van der Waals surface area contributed by atoms with E-state index in [0.717, 1.165) is 25.9 Å². The molecule has 0 atom stereocenters. The molecule has 0 bridgehead atoms. The number of carbonyl (C=O) groups is 1. The molecule has 1 aromatic rings. The second kappa shape index (κ2) is 8.28. The Kier molecular flexibility index (Phi) is 7.03. The van der Waals surface area contributed by atoms with E-state index in [9.17, 15) is 4.79 Å². The lowest BCUT2D eigenvalue weighted by molar-refractivity contribution is 0.0742. The van der Waals surface area contributed by atoms with Crippen LogP contribution in [0, 0.1) is 11.8 Å². The number of anilines is 1. The van der Waals surface area contributed by atoms with Crippen molar-refractivity contribution in [1.29, 1.82) is 0 Å². The molecule has 0 spiro atoms. The van der Waals surface area contributed by atoms with Crippen LogP contribution in [-0.2, 0) is 0 Å². The predicted octanol–water partition coefficient (Wildman–Crippen LogP) is 4.46. The molecule has 1 amide bonds. The Morgan fingerprint density at radius 3 is 2.10 bits per heavy atom. The number of nitrogens with zero attached hydrogens (tertiary/aromatic N) is 1. The van der Waals surface area contributed by atoms with Crippen molar-refractivity contribution in [2.45, 2.75) is 40.5 Å². The lowest BCUT2D eigenvalue weighted by atomic mass is 10.1. The summed E-state index contributed by atoms with van der Waals surface area (Å²) in [5, 5.41) is 0.430. The van der Waals surface area contributed by atoms with E-state index in [-0.39, 0.29) is 5.91 Å². The number of carbonyl (C=O) groups excluding carboxylic acids is 1. The molecule has 2 N–H and O–H groups in total. The minimum Gasteiger partial charge on any atom is -0.398 e. The molecule has 0 saturated carbocycles. The molecule has 0 unspecified atom stereocenters. The number of hydrogen-bond acceptors (Lipinski definition) is 2. The molecule has 0 heterocycles. The van der Waals surface area contributed by atoms with Crippen LogP contribution >= 0.6 is 11.6 Å². The normalized spacial score (nSPS) is 11.2. The minimum atomic E-state index is -0.0561. The first kappa shape index (κ1) is 17.8. The predicted molar refractivity (Wildman–Crippen MR) is 90.7 cm³/mol. The van der Waals surface area contributed by atoms with E-state index in [1.807, 2.05) is 4.90 Å². The Morgan fingerprint density at radius 2 is 1.67 bits per heavy atom. The highest BCUT2D eigenvalue weighted by Crippen LogP contribution is 2.24. The first-order valence-electron chi connectivity index (χ1n) is 7.66. The fraction of sp³-hybridized carbons (Fsp3) is 0.588. The Bertz CT molecular complexity index is 440. The number of halogens is 1. The summed E-state index contributed by atoms with van der Waals surface area (Å²) in [6.45, 7) is 10.1. The van der Waals surface area contributed by atoms with Crippen molar-refractivity contribution in [3.05, 3.63) is 28.8 Å². The van der Waals surface area contributed by atoms with Crippen LogP contribution < -0.4 is 5.73 Å². The van der Waals surface area contributed by atoms with Crippen LogP contribution in [0.5, 0.6) is 0 Å². The monoisotopic (exact) mass is 310 g/mol. The SMILES string of the molecule is CC(C)CCN(CCC(C)C)C(=O)c1c(N)cccc1Cl. The van der Waals surface area contributed by atoms with Crippen molar-refractivity contribution in [2.75, 3.05) is 18.8 Å². The van der Waals surface area contributed by atoms with Crippen molar-refractivity contribution in [3.63, 3.8) is 0 Å². The van der Waals surface area contributed by atoms with E-state index in [2.05, 4.69) is 27.7 Å². The molecule has 0 radical (unpaired) electrons. The summed E-state index contributed by atoms with van der Waals surface area (Å²) in [5.41, 5.74) is 6.83. The summed E-state index contributed by atoms with van der Waals surface area (Å²) < 4.78 is 0. The van der Waals surface area contributed by atoms with E-state index in [0.29, 0.717) is 28.1 Å². The molecule has 1 aromatic carbocycles. The highest BCUT2D eigenvalue weighted by Gasteiger charge is 2.21. The summed E-state index contributed by atoms with van der Waals surface area (Å²) in [6.07, 6.45) is 1.96. The van der Waals surface area contributed by atoms with Crippen LogP contribution in [0.4, 0.5) is 5.69 Å². The number of amides is 1. The fourth-order valence-corrected chi connectivity index (χ4v) is 2.33. The Labute approximate surface area is 133 Å². The second-order valence-corrected chi connectivity index (χ2v) is 6.77. The van der Waals surface area contributed by atoms with Gasteiger partial charge in [0.15, 0.2) is 0 Å². The number of rotatable bonds is 7. The molecule has 21 heavy (non-hydrogen) atoms. The van der Waals surface area contributed by atoms with Crippen LogP contribution in [0.2, 0.25) is 5.02 Å². The van der Waals surface area contributed by atoms with Crippen LogP contribution in [0.3, 0.4) is 0 Å². The Morgan fingerprint density at radius 1 is 1.14 bits per heavy atom. The molecule has 118 valence electrons. The van der Waals surface area contributed by atoms with E-state index in [4.69, 9.17) is 17.3 Å². The third kappa shape index (κ3) is 5.58. The molecule has 0 aromatic heterocycles. The van der Waals surface area contributed by atoms with Gasteiger partial charge in [-0.15, -0.1) is 0 Å². The topological polar surface area (TPSA) is 46.3 Å². The van der Waals surface area contributed by atoms with Crippen molar-refractivity contribution < 1.29 is 4.79 Å². The highest BCUT2D eigenvalue weighted by molar-refractivity contribution is 6.34. The molecular weight excluding hydrogens is 284 g/mol. The van der Waals surface area contributed by atoms with Gasteiger partial charge < -0.3 is 10.6 Å². The minimum absolute atomic E-state index is 0.0561.